The molecule has 0 aliphatic carbocycles. The van der Waals surface area contributed by atoms with E-state index in [2.05, 4.69) is 10.1 Å². The predicted octanol–water partition coefficient (Wildman–Crippen LogP) is 2.24. The Kier molecular flexibility index (Phi) is 4.21. The first-order valence-corrected chi connectivity index (χ1v) is 6.12. The maximum Gasteiger partial charge on any atom is 0.138 e. The maximum atomic E-state index is 13.5. The molecule has 1 unspecified atom stereocenters. The fraction of sp³-hybridized carbons (Fsp3) is 0.385. The number of aryl methyl sites for hydroxylation is 1. The molecule has 1 heterocycles. The third-order valence-corrected chi connectivity index (χ3v) is 2.84. The average Bonchev–Trinajstić information content (AvgIpc) is 2.77. The molecule has 2 aromatic rings. The Labute approximate surface area is 109 Å². The largest absolute Gasteiger partial charge is 0.388 e. The Morgan fingerprint density at radius 1 is 1.32 bits per heavy atom. The summed E-state index contributed by atoms with van der Waals surface area (Å²) in [6.07, 6.45) is 0.981. The fourth-order valence-corrected chi connectivity index (χ4v) is 1.95. The Bertz CT molecular complexity index is 536. The van der Waals surface area contributed by atoms with E-state index >= 15 is 0 Å². The number of rotatable bonds is 5. The van der Waals surface area contributed by atoms with Crippen molar-refractivity contribution in [3.8, 4) is 0 Å². The number of aliphatic hydroxyl groups excluding tert-OH is 1. The van der Waals surface area contributed by atoms with E-state index < -0.39 is 17.7 Å². The molecule has 0 aliphatic heterocycles. The molecule has 0 aliphatic rings. The molecule has 1 atom stereocenters. The molecule has 0 bridgehead atoms. The van der Waals surface area contributed by atoms with Crippen molar-refractivity contribution in [2.75, 3.05) is 0 Å². The average molecular weight is 267 g/mol. The Balaban J connectivity index is 2.21. The van der Waals surface area contributed by atoms with Crippen molar-refractivity contribution >= 4 is 0 Å². The molecule has 102 valence electrons. The van der Waals surface area contributed by atoms with Crippen molar-refractivity contribution < 1.29 is 13.9 Å². The summed E-state index contributed by atoms with van der Waals surface area (Å²) in [5.74, 6) is -1.000. The zero-order valence-corrected chi connectivity index (χ0v) is 10.6. The molecule has 1 aromatic carbocycles. The van der Waals surface area contributed by atoms with E-state index in [0.29, 0.717) is 12.4 Å². The van der Waals surface area contributed by atoms with Crippen molar-refractivity contribution in [2.45, 2.75) is 32.4 Å². The molecule has 6 heteroatoms. The summed E-state index contributed by atoms with van der Waals surface area (Å²) in [5, 5.41) is 14.0. The van der Waals surface area contributed by atoms with Crippen LogP contribution in [0.1, 0.15) is 30.8 Å². The second-order valence-electron chi connectivity index (χ2n) is 4.25. The molecule has 19 heavy (non-hydrogen) atoms. The highest BCUT2D eigenvalue weighted by Gasteiger charge is 2.20. The smallest absolute Gasteiger partial charge is 0.138 e. The van der Waals surface area contributed by atoms with Gasteiger partial charge in [0.1, 0.15) is 23.8 Å². The van der Waals surface area contributed by atoms with Crippen LogP contribution >= 0.6 is 0 Å². The lowest BCUT2D eigenvalue weighted by Gasteiger charge is -2.13. The van der Waals surface area contributed by atoms with Gasteiger partial charge in [-0.3, -0.25) is 4.68 Å². The molecule has 0 saturated heterocycles. The molecule has 4 nitrogen and oxygen atoms in total. The van der Waals surface area contributed by atoms with Gasteiger partial charge < -0.3 is 5.11 Å². The molecule has 0 amide bonds. The van der Waals surface area contributed by atoms with E-state index in [4.69, 9.17) is 0 Å². The molecular weight excluding hydrogens is 252 g/mol. The summed E-state index contributed by atoms with van der Waals surface area (Å²) in [6.45, 7) is 2.64. The van der Waals surface area contributed by atoms with Crippen molar-refractivity contribution in [3.63, 3.8) is 0 Å². The van der Waals surface area contributed by atoms with Crippen molar-refractivity contribution in [1.29, 1.82) is 0 Å². The van der Waals surface area contributed by atoms with Crippen LogP contribution in [-0.4, -0.2) is 19.9 Å². The third kappa shape index (κ3) is 2.96. The highest BCUT2D eigenvalue weighted by Crippen LogP contribution is 2.23. The van der Waals surface area contributed by atoms with E-state index in [9.17, 15) is 13.9 Å². The quantitative estimate of drug-likeness (QED) is 0.904. The monoisotopic (exact) mass is 267 g/mol. The van der Waals surface area contributed by atoms with E-state index in [1.54, 1.807) is 4.68 Å². The number of hydrogen-bond acceptors (Lipinski definition) is 3. The van der Waals surface area contributed by atoms with Gasteiger partial charge >= 0.3 is 0 Å². The first-order valence-electron chi connectivity index (χ1n) is 6.12. The topological polar surface area (TPSA) is 50.9 Å². The van der Waals surface area contributed by atoms with Crippen molar-refractivity contribution in [3.05, 3.63) is 47.5 Å². The van der Waals surface area contributed by atoms with Gasteiger partial charge in [-0.2, -0.15) is 5.10 Å². The standard InChI is InChI=1S/C13H15F2N3O/c1-2-6-18-12(16-8-17-18)7-11(19)13-9(14)4-3-5-10(13)15/h3-5,8,11,19H,2,6-7H2,1H3. The zero-order valence-electron chi connectivity index (χ0n) is 10.6. The van der Waals surface area contributed by atoms with E-state index in [0.717, 1.165) is 18.6 Å². The highest BCUT2D eigenvalue weighted by atomic mass is 19.1. The fourth-order valence-electron chi connectivity index (χ4n) is 1.95. The molecule has 0 spiro atoms. The summed E-state index contributed by atoms with van der Waals surface area (Å²) in [7, 11) is 0. The predicted molar refractivity (Wildman–Crippen MR) is 65.3 cm³/mol. The molecule has 0 saturated carbocycles. The van der Waals surface area contributed by atoms with Gasteiger partial charge in [0.25, 0.3) is 0 Å². The summed E-state index contributed by atoms with van der Waals surface area (Å²) in [4.78, 5) is 4.01. The van der Waals surface area contributed by atoms with Crippen LogP contribution in [0.3, 0.4) is 0 Å². The summed E-state index contributed by atoms with van der Waals surface area (Å²) < 4.78 is 28.7. The van der Waals surface area contributed by atoms with Gasteiger partial charge in [0.05, 0.1) is 11.7 Å². The second-order valence-corrected chi connectivity index (χ2v) is 4.25. The van der Waals surface area contributed by atoms with Crippen LogP contribution in [-0.2, 0) is 13.0 Å². The maximum absolute atomic E-state index is 13.5. The van der Waals surface area contributed by atoms with Crippen LogP contribution in [0.25, 0.3) is 0 Å². The minimum absolute atomic E-state index is 0.0256. The number of benzene rings is 1. The second kappa shape index (κ2) is 5.88. The molecule has 1 N–H and O–H groups in total. The lowest BCUT2D eigenvalue weighted by molar-refractivity contribution is 0.164. The first kappa shape index (κ1) is 13.6. The van der Waals surface area contributed by atoms with E-state index in [-0.39, 0.29) is 12.0 Å². The lowest BCUT2D eigenvalue weighted by Crippen LogP contribution is -2.12. The Morgan fingerprint density at radius 3 is 2.63 bits per heavy atom. The number of halogens is 2. The minimum Gasteiger partial charge on any atom is -0.388 e. The first-order chi connectivity index (χ1) is 9.13. The van der Waals surface area contributed by atoms with Crippen LogP contribution in [0.5, 0.6) is 0 Å². The van der Waals surface area contributed by atoms with Crippen LogP contribution in [0.15, 0.2) is 24.5 Å². The Morgan fingerprint density at radius 2 is 2.00 bits per heavy atom. The number of aliphatic hydroxyl groups is 1. The van der Waals surface area contributed by atoms with Gasteiger partial charge in [-0.25, -0.2) is 13.8 Å². The highest BCUT2D eigenvalue weighted by molar-refractivity contribution is 5.22. The van der Waals surface area contributed by atoms with Crippen LogP contribution in [0.4, 0.5) is 8.78 Å². The van der Waals surface area contributed by atoms with E-state index in [1.807, 2.05) is 6.92 Å². The van der Waals surface area contributed by atoms with Crippen molar-refractivity contribution in [1.82, 2.24) is 14.8 Å². The summed E-state index contributed by atoms with van der Waals surface area (Å²) in [6, 6.07) is 3.51. The SMILES string of the molecule is CCCn1ncnc1CC(O)c1c(F)cccc1F. The summed E-state index contributed by atoms with van der Waals surface area (Å²) >= 11 is 0. The van der Waals surface area contributed by atoms with Crippen LogP contribution in [0.2, 0.25) is 0 Å². The third-order valence-electron chi connectivity index (χ3n) is 2.84. The minimum atomic E-state index is -1.28. The number of hydrogen-bond donors (Lipinski definition) is 1. The zero-order chi connectivity index (χ0) is 13.8. The number of aromatic nitrogens is 3. The normalized spacial score (nSPS) is 12.6. The van der Waals surface area contributed by atoms with Crippen LogP contribution in [0, 0.1) is 11.6 Å². The van der Waals surface area contributed by atoms with Gasteiger partial charge in [-0.1, -0.05) is 13.0 Å². The van der Waals surface area contributed by atoms with Gasteiger partial charge in [0, 0.05) is 13.0 Å². The van der Waals surface area contributed by atoms with Crippen molar-refractivity contribution in [2.24, 2.45) is 0 Å². The van der Waals surface area contributed by atoms with Crippen LogP contribution < -0.4 is 0 Å². The van der Waals surface area contributed by atoms with E-state index in [1.165, 1.54) is 12.4 Å². The molecule has 0 radical (unpaired) electrons. The summed E-state index contributed by atoms with van der Waals surface area (Å²) in [5.41, 5.74) is -0.325. The van der Waals surface area contributed by atoms with Gasteiger partial charge in [-0.05, 0) is 18.6 Å². The number of nitrogens with zero attached hydrogens (tertiary/aromatic N) is 3. The lowest BCUT2D eigenvalue weighted by atomic mass is 10.0. The molecule has 1 aromatic heterocycles. The molecule has 0 fully saturated rings. The molecular formula is C13H15F2N3O. The molecule has 2 rings (SSSR count). The van der Waals surface area contributed by atoms with Gasteiger partial charge in [0.2, 0.25) is 0 Å². The van der Waals surface area contributed by atoms with Gasteiger partial charge in [-0.15, -0.1) is 0 Å². The van der Waals surface area contributed by atoms with Gasteiger partial charge in [0.15, 0.2) is 0 Å². The Hall–Kier alpha value is -1.82.